The van der Waals surface area contributed by atoms with Crippen molar-refractivity contribution in [3.05, 3.63) is 23.5 Å². The summed E-state index contributed by atoms with van der Waals surface area (Å²) in [4.78, 5) is 0.359. The highest BCUT2D eigenvalue weighted by atomic mass is 32.1. The van der Waals surface area contributed by atoms with Crippen LogP contribution >= 0.6 is 23.8 Å². The minimum atomic E-state index is 0.359. The van der Waals surface area contributed by atoms with Gasteiger partial charge in [0.25, 0.3) is 0 Å². The van der Waals surface area contributed by atoms with Crippen molar-refractivity contribution < 1.29 is 0 Å². The third-order valence-corrected chi connectivity index (χ3v) is 2.94. The van der Waals surface area contributed by atoms with E-state index in [-0.39, 0.29) is 0 Å². The molecule has 1 aromatic heterocycles. The van der Waals surface area contributed by atoms with E-state index in [2.05, 4.69) is 44.3 Å². The standard InChI is InChI=1S/C7H12N2S.C7H14N2S/c1-5(2)3-6-4-7(8)10-9-6;1-5(2)3-6(8)4-7(9)10/h4-5H,3,8H2,1-2H3;4-5H,3,8H2,1-2H3,(H2,9,10)/b;6-4-. The number of hydrogen-bond donors (Lipinski definition) is 3. The number of anilines is 1. The summed E-state index contributed by atoms with van der Waals surface area (Å²) >= 11 is 6.02. The van der Waals surface area contributed by atoms with E-state index in [1.807, 2.05) is 6.07 Å². The van der Waals surface area contributed by atoms with Crippen molar-refractivity contribution in [3.8, 4) is 0 Å². The minimum absolute atomic E-state index is 0.359. The first-order valence-electron chi connectivity index (χ1n) is 6.67. The maximum absolute atomic E-state index is 5.57. The van der Waals surface area contributed by atoms with E-state index in [1.54, 1.807) is 6.08 Å². The van der Waals surface area contributed by atoms with Crippen LogP contribution in [0.4, 0.5) is 5.00 Å². The Morgan fingerprint density at radius 2 is 1.90 bits per heavy atom. The predicted octanol–water partition coefficient (Wildman–Crippen LogP) is 3.09. The Morgan fingerprint density at radius 3 is 2.25 bits per heavy atom. The molecule has 4 nitrogen and oxygen atoms in total. The van der Waals surface area contributed by atoms with Crippen LogP contribution in [0, 0.1) is 11.8 Å². The minimum Gasteiger partial charge on any atom is -0.402 e. The Bertz CT molecular complexity index is 436. The van der Waals surface area contributed by atoms with Crippen LogP contribution in [0.25, 0.3) is 0 Å². The second kappa shape index (κ2) is 9.72. The maximum atomic E-state index is 5.57. The highest BCUT2D eigenvalue weighted by Gasteiger charge is 2.00. The van der Waals surface area contributed by atoms with E-state index in [9.17, 15) is 0 Å². The van der Waals surface area contributed by atoms with Crippen LogP contribution in [0.3, 0.4) is 0 Å². The molecule has 20 heavy (non-hydrogen) atoms. The van der Waals surface area contributed by atoms with Gasteiger partial charge in [-0.1, -0.05) is 39.9 Å². The van der Waals surface area contributed by atoms with Crippen molar-refractivity contribution in [3.63, 3.8) is 0 Å². The molecule has 114 valence electrons. The summed E-state index contributed by atoms with van der Waals surface area (Å²) in [7, 11) is 0. The lowest BCUT2D eigenvalue weighted by atomic mass is 10.1. The molecule has 0 aliphatic carbocycles. The number of nitrogens with zero attached hydrogens (tertiary/aromatic N) is 1. The van der Waals surface area contributed by atoms with E-state index >= 15 is 0 Å². The molecule has 0 amide bonds. The summed E-state index contributed by atoms with van der Waals surface area (Å²) in [5.74, 6) is 1.23. The van der Waals surface area contributed by atoms with Gasteiger partial charge in [-0.25, -0.2) is 0 Å². The molecule has 6 heteroatoms. The molecular formula is C14H26N4S2. The topological polar surface area (TPSA) is 91.0 Å². The molecule has 0 fully saturated rings. The van der Waals surface area contributed by atoms with Crippen molar-refractivity contribution in [2.45, 2.75) is 40.5 Å². The Kier molecular flexibility index (Phi) is 9.16. The fourth-order valence-corrected chi connectivity index (χ4v) is 2.25. The third-order valence-electron chi connectivity index (χ3n) is 2.17. The first-order chi connectivity index (χ1) is 9.20. The molecule has 0 aromatic carbocycles. The number of nitrogens with two attached hydrogens (primary N) is 3. The van der Waals surface area contributed by atoms with Crippen LogP contribution < -0.4 is 17.2 Å². The first kappa shape index (κ1) is 18.9. The zero-order valence-electron chi connectivity index (χ0n) is 12.7. The number of rotatable bonds is 5. The molecule has 1 heterocycles. The van der Waals surface area contributed by atoms with Crippen LogP contribution in [-0.2, 0) is 6.42 Å². The zero-order valence-corrected chi connectivity index (χ0v) is 14.4. The van der Waals surface area contributed by atoms with E-state index in [0.717, 1.165) is 29.2 Å². The number of thiocarbonyl (C=S) groups is 1. The van der Waals surface area contributed by atoms with Crippen LogP contribution in [0.1, 0.15) is 39.8 Å². The molecule has 6 N–H and O–H groups in total. The van der Waals surface area contributed by atoms with Crippen molar-refractivity contribution in [1.82, 2.24) is 4.37 Å². The number of aromatic nitrogens is 1. The average Bonchev–Trinajstić information content (AvgIpc) is 2.60. The summed E-state index contributed by atoms with van der Waals surface area (Å²) < 4.78 is 4.17. The lowest BCUT2D eigenvalue weighted by Gasteiger charge is -2.03. The highest BCUT2D eigenvalue weighted by Crippen LogP contribution is 2.14. The fraction of sp³-hybridized carbons (Fsp3) is 0.571. The molecule has 1 aromatic rings. The molecule has 0 unspecified atom stereocenters. The lowest BCUT2D eigenvalue weighted by molar-refractivity contribution is 0.638. The summed E-state index contributed by atoms with van der Waals surface area (Å²) in [5.41, 5.74) is 18.2. The van der Waals surface area contributed by atoms with Gasteiger partial charge in [0, 0.05) is 5.70 Å². The second-order valence-corrected chi connectivity index (χ2v) is 6.85. The molecule has 0 saturated heterocycles. The summed E-state index contributed by atoms with van der Waals surface area (Å²) in [6.45, 7) is 8.55. The lowest BCUT2D eigenvalue weighted by Crippen LogP contribution is -2.09. The number of nitrogen functional groups attached to an aromatic ring is 1. The third kappa shape index (κ3) is 10.8. The molecule has 0 bridgehead atoms. The van der Waals surface area contributed by atoms with E-state index < -0.39 is 0 Å². The van der Waals surface area contributed by atoms with Crippen LogP contribution in [-0.4, -0.2) is 9.36 Å². The van der Waals surface area contributed by atoms with Crippen molar-refractivity contribution in [2.75, 3.05) is 5.73 Å². The molecule has 1 rings (SSSR count). The quantitative estimate of drug-likeness (QED) is 0.574. The van der Waals surface area contributed by atoms with Gasteiger partial charge in [-0.3, -0.25) is 0 Å². The van der Waals surface area contributed by atoms with Crippen molar-refractivity contribution >= 4 is 33.7 Å². The Labute approximate surface area is 131 Å². The molecule has 0 atom stereocenters. The molecule has 0 saturated carbocycles. The highest BCUT2D eigenvalue weighted by molar-refractivity contribution is 7.80. The SMILES string of the molecule is CC(C)C/C(N)=C/C(N)=S.CC(C)Cc1cc(N)sn1. The van der Waals surface area contributed by atoms with Gasteiger partial charge < -0.3 is 17.2 Å². The van der Waals surface area contributed by atoms with Crippen molar-refractivity contribution in [1.29, 1.82) is 0 Å². The van der Waals surface area contributed by atoms with Crippen LogP contribution in [0.5, 0.6) is 0 Å². The van der Waals surface area contributed by atoms with Gasteiger partial charge in [-0.15, -0.1) is 0 Å². The Morgan fingerprint density at radius 1 is 1.30 bits per heavy atom. The van der Waals surface area contributed by atoms with Crippen LogP contribution in [0.15, 0.2) is 17.8 Å². The van der Waals surface area contributed by atoms with E-state index in [1.165, 1.54) is 11.5 Å². The molecule has 0 aliphatic heterocycles. The Hall–Kier alpha value is -1.14. The number of hydrogen-bond acceptors (Lipinski definition) is 5. The van der Waals surface area contributed by atoms with Gasteiger partial charge in [0.05, 0.1) is 10.7 Å². The summed E-state index contributed by atoms with van der Waals surface area (Å²) in [5, 5.41) is 0.815. The molecule has 0 radical (unpaired) electrons. The van der Waals surface area contributed by atoms with Gasteiger partial charge in [0.2, 0.25) is 0 Å². The summed E-state index contributed by atoms with van der Waals surface area (Å²) in [6.07, 6.45) is 3.53. The Balaban J connectivity index is 0.000000361. The first-order valence-corrected chi connectivity index (χ1v) is 7.85. The number of allylic oxidation sites excluding steroid dienone is 1. The second-order valence-electron chi connectivity index (χ2n) is 5.54. The smallest absolute Gasteiger partial charge is 0.107 e. The zero-order chi connectivity index (χ0) is 15.7. The molecule has 0 spiro atoms. The monoisotopic (exact) mass is 314 g/mol. The normalized spacial score (nSPS) is 11.4. The predicted molar refractivity (Wildman–Crippen MR) is 93.6 cm³/mol. The van der Waals surface area contributed by atoms with Gasteiger partial charge in [0.15, 0.2) is 0 Å². The fourth-order valence-electron chi connectivity index (χ4n) is 1.56. The van der Waals surface area contributed by atoms with Gasteiger partial charge >= 0.3 is 0 Å². The maximum Gasteiger partial charge on any atom is 0.107 e. The van der Waals surface area contributed by atoms with Crippen LogP contribution in [0.2, 0.25) is 0 Å². The summed E-state index contributed by atoms with van der Waals surface area (Å²) in [6, 6.07) is 1.95. The largest absolute Gasteiger partial charge is 0.402 e. The molecule has 0 aliphatic rings. The van der Waals surface area contributed by atoms with Crippen molar-refractivity contribution in [2.24, 2.45) is 23.3 Å². The van der Waals surface area contributed by atoms with Gasteiger partial charge in [-0.2, -0.15) is 4.37 Å². The van der Waals surface area contributed by atoms with Gasteiger partial charge in [0.1, 0.15) is 5.00 Å². The van der Waals surface area contributed by atoms with Gasteiger partial charge in [-0.05, 0) is 48.4 Å². The van der Waals surface area contributed by atoms with E-state index in [4.69, 9.17) is 17.2 Å². The molecular weight excluding hydrogens is 288 g/mol. The van der Waals surface area contributed by atoms with E-state index in [0.29, 0.717) is 16.8 Å². The average molecular weight is 315 g/mol.